The number of morpholine rings is 1. The van der Waals surface area contributed by atoms with Crippen molar-refractivity contribution in [3.8, 4) is 0 Å². The molecular weight excluding hydrogens is 362 g/mol. The first-order chi connectivity index (χ1) is 13.5. The summed E-state index contributed by atoms with van der Waals surface area (Å²) in [6, 6.07) is 8.08. The lowest BCUT2D eigenvalue weighted by Crippen LogP contribution is -2.53. The van der Waals surface area contributed by atoms with E-state index in [0.29, 0.717) is 24.6 Å². The van der Waals surface area contributed by atoms with E-state index in [1.54, 1.807) is 53.1 Å². The Morgan fingerprint density at radius 2 is 1.79 bits per heavy atom. The molecule has 1 fully saturated rings. The minimum atomic E-state index is -0.595. The minimum Gasteiger partial charge on any atom is -0.372 e. The summed E-state index contributed by atoms with van der Waals surface area (Å²) < 4.78 is 5.71. The monoisotopic (exact) mass is 385 g/mol. The van der Waals surface area contributed by atoms with Crippen LogP contribution in [0.15, 0.2) is 42.7 Å². The lowest BCUT2D eigenvalue weighted by atomic mass is 10.1. The zero-order valence-electron chi connectivity index (χ0n) is 15.8. The third-order valence-electron chi connectivity index (χ3n) is 4.37. The van der Waals surface area contributed by atoms with Crippen LogP contribution in [0, 0.1) is 0 Å². The first-order valence-electron chi connectivity index (χ1n) is 9.00. The van der Waals surface area contributed by atoms with Crippen LogP contribution in [-0.4, -0.2) is 57.3 Å². The number of amides is 3. The van der Waals surface area contributed by atoms with Crippen LogP contribution in [0.25, 0.3) is 0 Å². The van der Waals surface area contributed by atoms with Crippen molar-refractivity contribution in [2.24, 2.45) is 0 Å². The fourth-order valence-corrected chi connectivity index (χ4v) is 3.17. The van der Waals surface area contributed by atoms with Crippen LogP contribution < -0.4 is 10.4 Å². The van der Waals surface area contributed by atoms with Crippen molar-refractivity contribution in [1.82, 2.24) is 20.3 Å². The molecule has 3 rings (SSSR count). The average Bonchev–Trinajstić information content (AvgIpc) is 2.71. The summed E-state index contributed by atoms with van der Waals surface area (Å²) in [7, 11) is 0. The van der Waals surface area contributed by atoms with E-state index in [9.17, 15) is 9.59 Å². The molecule has 9 heteroatoms. The highest BCUT2D eigenvalue weighted by Gasteiger charge is 2.30. The Morgan fingerprint density at radius 1 is 1.18 bits per heavy atom. The molecule has 0 aliphatic carbocycles. The molecule has 1 aliphatic heterocycles. The Hall–Kier alpha value is -3.04. The maximum Gasteiger partial charge on any atom is 0.327 e. The van der Waals surface area contributed by atoms with Gasteiger partial charge in [-0.15, -0.1) is 0 Å². The molecule has 0 saturated carbocycles. The third kappa shape index (κ3) is 4.62. The molecule has 0 spiro atoms. The van der Waals surface area contributed by atoms with Gasteiger partial charge in [-0.1, -0.05) is 12.1 Å². The number of hydrogen-bond acceptors (Lipinski definition) is 6. The van der Waals surface area contributed by atoms with Gasteiger partial charge in [-0.05, 0) is 37.6 Å². The van der Waals surface area contributed by atoms with E-state index in [0.717, 1.165) is 5.56 Å². The Labute approximate surface area is 162 Å². The van der Waals surface area contributed by atoms with E-state index >= 15 is 0 Å². The molecular formula is C19H23N5O4. The topological polar surface area (TPSA) is 108 Å². The molecule has 2 atom stereocenters. The van der Waals surface area contributed by atoms with E-state index < -0.39 is 5.91 Å². The molecule has 1 aromatic carbocycles. The van der Waals surface area contributed by atoms with Gasteiger partial charge in [-0.3, -0.25) is 14.9 Å². The molecule has 1 saturated heterocycles. The largest absolute Gasteiger partial charge is 0.372 e. The highest BCUT2D eigenvalue weighted by atomic mass is 16.5. The number of anilines is 1. The second kappa shape index (κ2) is 8.77. The number of hydrogen-bond donors (Lipinski definition) is 2. The van der Waals surface area contributed by atoms with Gasteiger partial charge in [0.1, 0.15) is 0 Å². The number of benzene rings is 1. The van der Waals surface area contributed by atoms with Crippen molar-refractivity contribution in [3.05, 3.63) is 53.9 Å². The molecule has 9 nitrogen and oxygen atoms in total. The van der Waals surface area contributed by atoms with Crippen molar-refractivity contribution in [2.45, 2.75) is 32.6 Å². The normalized spacial score (nSPS) is 19.2. The molecule has 3 amide bonds. The van der Waals surface area contributed by atoms with Gasteiger partial charge in [0.2, 0.25) is 5.95 Å². The van der Waals surface area contributed by atoms with Crippen LogP contribution in [0.4, 0.5) is 10.7 Å². The lowest BCUT2D eigenvalue weighted by Gasteiger charge is -2.37. The van der Waals surface area contributed by atoms with Gasteiger partial charge in [-0.25, -0.2) is 20.2 Å². The van der Waals surface area contributed by atoms with Gasteiger partial charge in [0, 0.05) is 31.0 Å². The quantitative estimate of drug-likeness (QED) is 0.614. The van der Waals surface area contributed by atoms with Crippen molar-refractivity contribution < 1.29 is 19.5 Å². The fraction of sp³-hybridized carbons (Fsp3) is 0.368. The molecule has 148 valence electrons. The Kier molecular flexibility index (Phi) is 6.17. The Bertz CT molecular complexity index is 805. The van der Waals surface area contributed by atoms with Gasteiger partial charge in [-0.2, -0.15) is 0 Å². The number of aromatic nitrogens is 2. The SMILES string of the molecule is CC1CN(C(=O)N(Cc2ccc(C(=O)NO)cc2)c2ncccn2)CC(C)O1. The summed E-state index contributed by atoms with van der Waals surface area (Å²) in [5, 5.41) is 8.73. The summed E-state index contributed by atoms with van der Waals surface area (Å²) in [4.78, 5) is 36.4. The molecule has 0 bridgehead atoms. The van der Waals surface area contributed by atoms with Gasteiger partial charge < -0.3 is 9.64 Å². The Balaban J connectivity index is 1.83. The van der Waals surface area contributed by atoms with Crippen LogP contribution >= 0.6 is 0 Å². The van der Waals surface area contributed by atoms with Crippen molar-refractivity contribution in [2.75, 3.05) is 18.0 Å². The second-order valence-electron chi connectivity index (χ2n) is 6.72. The number of nitrogens with zero attached hydrogens (tertiary/aromatic N) is 4. The molecule has 28 heavy (non-hydrogen) atoms. The summed E-state index contributed by atoms with van der Waals surface area (Å²) in [6.07, 6.45) is 3.06. The first kappa shape index (κ1) is 19.7. The molecule has 1 aliphatic rings. The Morgan fingerprint density at radius 3 is 2.36 bits per heavy atom. The van der Waals surface area contributed by atoms with Crippen LogP contribution in [-0.2, 0) is 11.3 Å². The van der Waals surface area contributed by atoms with Gasteiger partial charge in [0.25, 0.3) is 5.91 Å². The summed E-state index contributed by atoms with van der Waals surface area (Å²) in [5.41, 5.74) is 2.71. The van der Waals surface area contributed by atoms with E-state index in [4.69, 9.17) is 9.94 Å². The fourth-order valence-electron chi connectivity index (χ4n) is 3.17. The van der Waals surface area contributed by atoms with Crippen LogP contribution in [0.5, 0.6) is 0 Å². The predicted octanol–water partition coefficient (Wildman–Crippen LogP) is 1.83. The van der Waals surface area contributed by atoms with E-state index in [1.165, 1.54) is 4.90 Å². The van der Waals surface area contributed by atoms with Gasteiger partial charge >= 0.3 is 6.03 Å². The standard InChI is InChI=1S/C19H23N5O4/c1-13-10-23(11-14(2)28-13)19(26)24(18-20-8-3-9-21-18)12-15-4-6-16(7-5-15)17(25)22-27/h3-9,13-14,27H,10-12H2,1-2H3,(H,22,25). The van der Waals surface area contributed by atoms with Crippen LogP contribution in [0.3, 0.4) is 0 Å². The third-order valence-corrected chi connectivity index (χ3v) is 4.37. The van der Waals surface area contributed by atoms with Crippen molar-refractivity contribution in [3.63, 3.8) is 0 Å². The number of hydroxylamine groups is 1. The summed E-state index contributed by atoms with van der Waals surface area (Å²) >= 11 is 0. The number of nitrogens with one attached hydrogen (secondary N) is 1. The zero-order chi connectivity index (χ0) is 20.1. The van der Waals surface area contributed by atoms with E-state index in [-0.39, 0.29) is 24.8 Å². The molecule has 2 unspecified atom stereocenters. The lowest BCUT2D eigenvalue weighted by molar-refractivity contribution is -0.0538. The highest BCUT2D eigenvalue weighted by Crippen LogP contribution is 2.18. The minimum absolute atomic E-state index is 0.0532. The smallest absolute Gasteiger partial charge is 0.327 e. The molecule has 2 aromatic rings. The second-order valence-corrected chi connectivity index (χ2v) is 6.72. The predicted molar refractivity (Wildman–Crippen MR) is 101 cm³/mol. The molecule has 2 N–H and O–H groups in total. The van der Waals surface area contributed by atoms with Gasteiger partial charge in [0.05, 0.1) is 18.8 Å². The van der Waals surface area contributed by atoms with Crippen molar-refractivity contribution in [1.29, 1.82) is 0 Å². The van der Waals surface area contributed by atoms with E-state index in [1.807, 2.05) is 13.8 Å². The first-order valence-corrected chi connectivity index (χ1v) is 9.00. The molecule has 1 aromatic heterocycles. The highest BCUT2D eigenvalue weighted by molar-refractivity contribution is 5.93. The van der Waals surface area contributed by atoms with Gasteiger partial charge in [0.15, 0.2) is 0 Å². The van der Waals surface area contributed by atoms with Crippen LogP contribution in [0.1, 0.15) is 29.8 Å². The zero-order valence-corrected chi connectivity index (χ0v) is 15.8. The molecule has 0 radical (unpaired) electrons. The number of ether oxygens (including phenoxy) is 1. The average molecular weight is 385 g/mol. The number of urea groups is 1. The maximum atomic E-state index is 13.2. The number of carbonyl (C=O) groups is 2. The number of rotatable bonds is 4. The maximum absolute atomic E-state index is 13.2. The van der Waals surface area contributed by atoms with Crippen molar-refractivity contribution >= 4 is 17.9 Å². The summed E-state index contributed by atoms with van der Waals surface area (Å²) in [5.74, 6) is -0.293. The number of carbonyl (C=O) groups excluding carboxylic acids is 2. The molecule has 2 heterocycles. The van der Waals surface area contributed by atoms with E-state index in [2.05, 4.69) is 9.97 Å². The summed E-state index contributed by atoms with van der Waals surface area (Å²) in [6.45, 7) is 5.09. The van der Waals surface area contributed by atoms with Crippen LogP contribution in [0.2, 0.25) is 0 Å².